The number of nitrogens with one attached hydrogen (secondary N) is 4. The number of likely N-dealkylation sites (tertiary alicyclic amines) is 2. The van der Waals surface area contributed by atoms with Gasteiger partial charge in [0.05, 0.1) is 41.3 Å². The van der Waals surface area contributed by atoms with Gasteiger partial charge in [-0.2, -0.15) is 0 Å². The summed E-state index contributed by atoms with van der Waals surface area (Å²) in [7, 11) is 1.30. The minimum absolute atomic E-state index is 0.0282. The van der Waals surface area contributed by atoms with Crippen molar-refractivity contribution in [2.45, 2.75) is 95.8 Å². The number of ether oxygens (including phenoxy) is 1. The standard InChI is InChI=1S/C36H46N8O4/c1-21(2)31(42-36(47)48-3)34(45)43-17-7-11-29(43)32-38-25-15-13-22(19-27(25)40-32)23-14-16-26-28(20-23)41-33(39-26)30-12-8-18-44(30)35(46)37-24-9-5-4-6-10-24/h13-16,19-21,24,29-31H,4-12,17-18H2,1-3H3,(H,37,46)(H,38,40)(H,39,41)(H,42,47)/t29-,30-,31-/m0/s1. The van der Waals surface area contributed by atoms with E-state index in [2.05, 4.69) is 44.9 Å². The Kier molecular flexibility index (Phi) is 8.98. The molecule has 254 valence electrons. The van der Waals surface area contributed by atoms with E-state index in [1.54, 1.807) is 0 Å². The fourth-order valence-electron chi connectivity index (χ4n) is 7.72. The van der Waals surface area contributed by atoms with Gasteiger partial charge in [0.15, 0.2) is 0 Å². The number of nitrogens with zero attached hydrogens (tertiary/aromatic N) is 4. The van der Waals surface area contributed by atoms with Gasteiger partial charge in [0.2, 0.25) is 5.91 Å². The van der Waals surface area contributed by atoms with E-state index in [0.29, 0.717) is 6.54 Å². The number of H-pyrrole nitrogens is 2. The molecule has 4 aromatic rings. The lowest BCUT2D eigenvalue weighted by Gasteiger charge is -2.29. The second-order valence-electron chi connectivity index (χ2n) is 13.9. The predicted molar refractivity (Wildman–Crippen MR) is 183 cm³/mol. The van der Waals surface area contributed by atoms with Crippen LogP contribution < -0.4 is 10.6 Å². The van der Waals surface area contributed by atoms with Crippen LogP contribution in [0.4, 0.5) is 9.59 Å². The lowest BCUT2D eigenvalue weighted by Crippen LogP contribution is -2.51. The van der Waals surface area contributed by atoms with Gasteiger partial charge in [0.25, 0.3) is 0 Å². The van der Waals surface area contributed by atoms with Crippen LogP contribution in [0.2, 0.25) is 0 Å². The molecule has 12 heteroatoms. The Balaban J connectivity index is 1.09. The van der Waals surface area contributed by atoms with E-state index in [9.17, 15) is 14.4 Å². The summed E-state index contributed by atoms with van der Waals surface area (Å²) in [6.07, 6.45) is 8.66. The van der Waals surface area contributed by atoms with Gasteiger partial charge in [-0.05, 0) is 79.8 Å². The summed E-state index contributed by atoms with van der Waals surface area (Å²) in [5, 5.41) is 5.99. The first-order valence-corrected chi connectivity index (χ1v) is 17.5. The molecule has 4 heterocycles. The lowest BCUT2D eigenvalue weighted by atomic mass is 9.96. The van der Waals surface area contributed by atoms with Crippen molar-refractivity contribution >= 4 is 40.1 Å². The zero-order valence-corrected chi connectivity index (χ0v) is 28.1. The largest absolute Gasteiger partial charge is 0.453 e. The van der Waals surface area contributed by atoms with E-state index >= 15 is 0 Å². The van der Waals surface area contributed by atoms with E-state index in [1.165, 1.54) is 26.4 Å². The number of methoxy groups -OCH3 is 1. The molecule has 4 N–H and O–H groups in total. The summed E-state index contributed by atoms with van der Waals surface area (Å²) in [5.41, 5.74) is 5.62. The predicted octanol–water partition coefficient (Wildman–Crippen LogP) is 6.33. The number of alkyl carbamates (subject to hydrolysis) is 1. The van der Waals surface area contributed by atoms with Gasteiger partial charge in [0, 0.05) is 19.1 Å². The number of amides is 4. The zero-order valence-electron chi connectivity index (χ0n) is 28.1. The van der Waals surface area contributed by atoms with E-state index in [0.717, 1.165) is 89.9 Å². The van der Waals surface area contributed by atoms with Crippen molar-refractivity contribution in [2.24, 2.45) is 5.92 Å². The van der Waals surface area contributed by atoms with Crippen LogP contribution in [-0.4, -0.2) is 80.1 Å². The summed E-state index contributed by atoms with van der Waals surface area (Å²) < 4.78 is 4.77. The first-order valence-electron chi connectivity index (χ1n) is 17.5. The number of urea groups is 1. The van der Waals surface area contributed by atoms with Crippen molar-refractivity contribution in [3.05, 3.63) is 48.0 Å². The molecule has 12 nitrogen and oxygen atoms in total. The van der Waals surface area contributed by atoms with Crippen LogP contribution >= 0.6 is 0 Å². The van der Waals surface area contributed by atoms with Crippen LogP contribution in [-0.2, 0) is 9.53 Å². The molecular formula is C36H46N8O4. The van der Waals surface area contributed by atoms with E-state index in [-0.39, 0.29) is 36.0 Å². The third kappa shape index (κ3) is 6.32. The number of hydrogen-bond acceptors (Lipinski definition) is 6. The smallest absolute Gasteiger partial charge is 0.407 e. The number of aromatic nitrogens is 4. The maximum absolute atomic E-state index is 13.6. The van der Waals surface area contributed by atoms with Gasteiger partial charge in [0.1, 0.15) is 17.7 Å². The number of rotatable bonds is 7. The fraction of sp³-hybridized carbons (Fsp3) is 0.528. The molecule has 0 unspecified atom stereocenters. The van der Waals surface area contributed by atoms with Crippen LogP contribution in [0.3, 0.4) is 0 Å². The molecule has 0 bridgehead atoms. The molecule has 2 aliphatic heterocycles. The number of hydrogen-bond donors (Lipinski definition) is 4. The average Bonchev–Trinajstić information content (AvgIpc) is 3.91. The van der Waals surface area contributed by atoms with Gasteiger partial charge in [-0.25, -0.2) is 19.6 Å². The molecular weight excluding hydrogens is 608 g/mol. The van der Waals surface area contributed by atoms with Gasteiger partial charge in [-0.15, -0.1) is 0 Å². The van der Waals surface area contributed by atoms with Crippen LogP contribution in [0.5, 0.6) is 0 Å². The Morgan fingerprint density at radius 2 is 1.35 bits per heavy atom. The molecule has 7 rings (SSSR count). The highest BCUT2D eigenvalue weighted by Crippen LogP contribution is 2.35. The molecule has 0 radical (unpaired) electrons. The normalized spacial score (nSPS) is 20.9. The summed E-state index contributed by atoms with van der Waals surface area (Å²) in [6, 6.07) is 11.8. The third-order valence-corrected chi connectivity index (χ3v) is 10.3. The van der Waals surface area contributed by atoms with Gasteiger partial charge in [-0.3, -0.25) is 4.79 Å². The first kappa shape index (κ1) is 32.0. The monoisotopic (exact) mass is 654 g/mol. The number of benzene rings is 2. The number of carbonyl (C=O) groups excluding carboxylic acids is 3. The van der Waals surface area contributed by atoms with Crippen molar-refractivity contribution in [1.82, 2.24) is 40.4 Å². The van der Waals surface area contributed by atoms with Crippen LogP contribution in [0, 0.1) is 5.92 Å². The topological polar surface area (TPSA) is 148 Å². The van der Waals surface area contributed by atoms with E-state index < -0.39 is 12.1 Å². The lowest BCUT2D eigenvalue weighted by molar-refractivity contribution is -0.135. The Labute approximate surface area is 280 Å². The molecule has 2 saturated heterocycles. The van der Waals surface area contributed by atoms with E-state index in [4.69, 9.17) is 14.7 Å². The van der Waals surface area contributed by atoms with Crippen LogP contribution in [0.1, 0.15) is 95.4 Å². The molecule has 0 spiro atoms. The minimum Gasteiger partial charge on any atom is -0.453 e. The SMILES string of the molecule is COC(=O)N[C@H](C(=O)N1CCC[C@H]1c1nc2ccc(-c3ccc4nc([C@@H]5CCCN5C(=O)NC5CCCCC5)[nH]c4c3)cc2[nH]1)C(C)C. The Bertz CT molecular complexity index is 1810. The number of fused-ring (bicyclic) bond motifs is 2. The molecule has 2 aromatic heterocycles. The van der Waals surface area contributed by atoms with Crippen LogP contribution in [0.25, 0.3) is 33.2 Å². The molecule has 1 aliphatic carbocycles. The maximum Gasteiger partial charge on any atom is 0.407 e. The van der Waals surface area contributed by atoms with Crippen molar-refractivity contribution in [2.75, 3.05) is 20.2 Å². The van der Waals surface area contributed by atoms with Crippen molar-refractivity contribution in [3.63, 3.8) is 0 Å². The van der Waals surface area contributed by atoms with Crippen molar-refractivity contribution < 1.29 is 19.1 Å². The highest BCUT2D eigenvalue weighted by molar-refractivity contribution is 5.88. The maximum atomic E-state index is 13.6. The Morgan fingerprint density at radius 1 is 0.792 bits per heavy atom. The molecule has 3 fully saturated rings. The molecule has 3 aliphatic rings. The number of carbonyl (C=O) groups is 3. The summed E-state index contributed by atoms with van der Waals surface area (Å²) in [5.74, 6) is 1.36. The number of imidazole rings is 2. The number of aromatic amines is 2. The summed E-state index contributed by atoms with van der Waals surface area (Å²) in [4.78, 5) is 59.4. The summed E-state index contributed by atoms with van der Waals surface area (Å²) in [6.45, 7) is 5.17. The molecule has 48 heavy (non-hydrogen) atoms. The highest BCUT2D eigenvalue weighted by Gasteiger charge is 2.38. The molecule has 3 atom stereocenters. The first-order chi connectivity index (χ1) is 23.3. The van der Waals surface area contributed by atoms with Gasteiger partial charge in [-0.1, -0.05) is 45.2 Å². The summed E-state index contributed by atoms with van der Waals surface area (Å²) >= 11 is 0. The van der Waals surface area contributed by atoms with Gasteiger partial charge < -0.3 is 35.1 Å². The fourth-order valence-corrected chi connectivity index (χ4v) is 7.72. The van der Waals surface area contributed by atoms with Crippen LogP contribution in [0.15, 0.2) is 36.4 Å². The van der Waals surface area contributed by atoms with Crippen molar-refractivity contribution in [1.29, 1.82) is 0 Å². The zero-order chi connectivity index (χ0) is 33.4. The van der Waals surface area contributed by atoms with Gasteiger partial charge >= 0.3 is 12.1 Å². The molecule has 2 aromatic carbocycles. The quantitative estimate of drug-likeness (QED) is 0.183. The second kappa shape index (κ2) is 13.5. The second-order valence-corrected chi connectivity index (χ2v) is 13.9. The molecule has 1 saturated carbocycles. The van der Waals surface area contributed by atoms with E-state index in [1.807, 2.05) is 35.8 Å². The minimum atomic E-state index is -0.678. The average molecular weight is 655 g/mol. The van der Waals surface area contributed by atoms with Crippen molar-refractivity contribution in [3.8, 4) is 11.1 Å². The molecule has 4 amide bonds. The highest BCUT2D eigenvalue weighted by atomic mass is 16.5. The Hall–Kier alpha value is -4.61. The Morgan fingerprint density at radius 3 is 1.92 bits per heavy atom. The third-order valence-electron chi connectivity index (χ3n) is 10.3.